The first-order valence-electron chi connectivity index (χ1n) is 9.58. The summed E-state index contributed by atoms with van der Waals surface area (Å²) in [6, 6.07) is 19.7. The molecule has 1 N–H and O–H groups in total. The number of hydrogen-bond donors (Lipinski definition) is 1. The minimum absolute atomic E-state index is 0.275. The smallest absolute Gasteiger partial charge is 0.337 e. The monoisotopic (exact) mass is 390 g/mol. The van der Waals surface area contributed by atoms with Crippen molar-refractivity contribution in [2.75, 3.05) is 17.3 Å². The van der Waals surface area contributed by atoms with Gasteiger partial charge in [-0.15, -0.1) is 0 Å². The SMILES string of the molecule is COC(=O)c1ccc(Nc2cc(N(Cc3ccccc3)C(C)C)nc(C)n2)cc1. The first kappa shape index (κ1) is 20.3. The number of esters is 1. The van der Waals surface area contributed by atoms with Crippen LogP contribution in [0.25, 0.3) is 0 Å². The summed E-state index contributed by atoms with van der Waals surface area (Å²) < 4.78 is 4.74. The van der Waals surface area contributed by atoms with E-state index in [-0.39, 0.29) is 12.0 Å². The summed E-state index contributed by atoms with van der Waals surface area (Å²) in [7, 11) is 1.37. The fourth-order valence-corrected chi connectivity index (χ4v) is 3.03. The van der Waals surface area contributed by atoms with Crippen molar-refractivity contribution in [3.63, 3.8) is 0 Å². The summed E-state index contributed by atoms with van der Waals surface area (Å²) in [5.74, 6) is 1.90. The van der Waals surface area contributed by atoms with Gasteiger partial charge in [0.05, 0.1) is 12.7 Å². The van der Waals surface area contributed by atoms with Crippen molar-refractivity contribution in [2.24, 2.45) is 0 Å². The molecule has 0 bridgehead atoms. The summed E-state index contributed by atoms with van der Waals surface area (Å²) in [5, 5.41) is 3.30. The number of aromatic nitrogens is 2. The Bertz CT molecular complexity index is 956. The molecule has 3 aromatic rings. The first-order chi connectivity index (χ1) is 14.0. The Kier molecular flexibility index (Phi) is 6.44. The second kappa shape index (κ2) is 9.19. The van der Waals surface area contributed by atoms with Gasteiger partial charge in [-0.3, -0.25) is 0 Å². The fourth-order valence-electron chi connectivity index (χ4n) is 3.03. The van der Waals surface area contributed by atoms with E-state index in [1.165, 1.54) is 12.7 Å². The van der Waals surface area contributed by atoms with Gasteiger partial charge in [-0.1, -0.05) is 30.3 Å². The lowest BCUT2D eigenvalue weighted by molar-refractivity contribution is 0.0601. The summed E-state index contributed by atoms with van der Waals surface area (Å²) in [5.41, 5.74) is 2.57. The topological polar surface area (TPSA) is 67.3 Å². The number of nitrogens with zero attached hydrogens (tertiary/aromatic N) is 3. The zero-order valence-electron chi connectivity index (χ0n) is 17.2. The molecule has 0 saturated heterocycles. The number of ether oxygens (including phenoxy) is 1. The zero-order chi connectivity index (χ0) is 20.8. The number of anilines is 3. The Labute approximate surface area is 171 Å². The van der Waals surface area contributed by atoms with E-state index in [1.807, 2.05) is 43.3 Å². The minimum atomic E-state index is -0.356. The standard InChI is InChI=1S/C23H26N4O2/c1-16(2)27(15-18-8-6-5-7-9-18)22-14-21(24-17(3)25-22)26-20-12-10-19(11-13-20)23(28)29-4/h5-14,16H,15H2,1-4H3,(H,24,25,26). The predicted octanol–water partition coefficient (Wildman–Crippen LogP) is 4.73. The van der Waals surface area contributed by atoms with Crippen LogP contribution in [0.15, 0.2) is 60.7 Å². The van der Waals surface area contributed by atoms with E-state index in [2.05, 4.69) is 46.2 Å². The van der Waals surface area contributed by atoms with Crippen molar-refractivity contribution < 1.29 is 9.53 Å². The van der Waals surface area contributed by atoms with Crippen molar-refractivity contribution in [3.05, 3.63) is 77.6 Å². The van der Waals surface area contributed by atoms with Crippen LogP contribution in [0.5, 0.6) is 0 Å². The molecule has 29 heavy (non-hydrogen) atoms. The third-order valence-electron chi connectivity index (χ3n) is 4.52. The van der Waals surface area contributed by atoms with E-state index in [4.69, 9.17) is 4.74 Å². The average molecular weight is 390 g/mol. The van der Waals surface area contributed by atoms with Crippen LogP contribution >= 0.6 is 0 Å². The molecule has 2 aromatic carbocycles. The van der Waals surface area contributed by atoms with Gasteiger partial charge in [0.2, 0.25) is 0 Å². The van der Waals surface area contributed by atoms with Gasteiger partial charge in [-0.05, 0) is 50.6 Å². The molecule has 6 nitrogen and oxygen atoms in total. The Hall–Kier alpha value is -3.41. The van der Waals surface area contributed by atoms with Crippen molar-refractivity contribution in [1.82, 2.24) is 9.97 Å². The van der Waals surface area contributed by atoms with Crippen LogP contribution < -0.4 is 10.2 Å². The van der Waals surface area contributed by atoms with E-state index < -0.39 is 0 Å². The zero-order valence-corrected chi connectivity index (χ0v) is 17.2. The van der Waals surface area contributed by atoms with Gasteiger partial charge in [0.15, 0.2) is 0 Å². The molecule has 1 aromatic heterocycles. The molecule has 0 aliphatic rings. The van der Waals surface area contributed by atoms with Crippen LogP contribution in [0, 0.1) is 6.92 Å². The second-order valence-corrected chi connectivity index (χ2v) is 7.06. The number of aryl methyl sites for hydroxylation is 1. The van der Waals surface area contributed by atoms with Gasteiger partial charge in [0.1, 0.15) is 17.5 Å². The normalized spacial score (nSPS) is 10.7. The molecule has 150 valence electrons. The van der Waals surface area contributed by atoms with E-state index in [0.717, 1.165) is 18.1 Å². The number of nitrogens with one attached hydrogen (secondary N) is 1. The first-order valence-corrected chi connectivity index (χ1v) is 9.58. The highest BCUT2D eigenvalue weighted by molar-refractivity contribution is 5.89. The summed E-state index contributed by atoms with van der Waals surface area (Å²) in [6.07, 6.45) is 0. The van der Waals surface area contributed by atoms with Crippen molar-refractivity contribution in [2.45, 2.75) is 33.4 Å². The fraction of sp³-hybridized carbons (Fsp3) is 0.261. The van der Waals surface area contributed by atoms with Crippen LogP contribution in [0.1, 0.15) is 35.6 Å². The Morgan fingerprint density at radius 3 is 2.38 bits per heavy atom. The number of methoxy groups -OCH3 is 1. The number of carbonyl (C=O) groups excluding carboxylic acids is 1. The molecular weight excluding hydrogens is 364 g/mol. The third-order valence-corrected chi connectivity index (χ3v) is 4.52. The molecule has 0 atom stereocenters. The molecule has 0 aliphatic heterocycles. The second-order valence-electron chi connectivity index (χ2n) is 7.06. The van der Waals surface area contributed by atoms with Crippen molar-refractivity contribution in [1.29, 1.82) is 0 Å². The molecule has 0 radical (unpaired) electrons. The van der Waals surface area contributed by atoms with Crippen molar-refractivity contribution in [3.8, 4) is 0 Å². The van der Waals surface area contributed by atoms with Gasteiger partial charge in [0, 0.05) is 24.3 Å². The van der Waals surface area contributed by atoms with Gasteiger partial charge in [-0.2, -0.15) is 0 Å². The Balaban J connectivity index is 1.83. The van der Waals surface area contributed by atoms with Crippen LogP contribution in [0.3, 0.4) is 0 Å². The Morgan fingerprint density at radius 1 is 1.07 bits per heavy atom. The summed E-state index contributed by atoms with van der Waals surface area (Å²) >= 11 is 0. The highest BCUT2D eigenvalue weighted by Gasteiger charge is 2.15. The molecule has 0 aliphatic carbocycles. The molecule has 6 heteroatoms. The number of benzene rings is 2. The lowest BCUT2D eigenvalue weighted by Crippen LogP contribution is -2.31. The molecule has 0 fully saturated rings. The van der Waals surface area contributed by atoms with Gasteiger partial charge in [0.25, 0.3) is 0 Å². The summed E-state index contributed by atoms with van der Waals surface area (Å²) in [4.78, 5) is 23.0. The average Bonchev–Trinajstić information content (AvgIpc) is 2.72. The van der Waals surface area contributed by atoms with Crippen LogP contribution in [-0.4, -0.2) is 29.1 Å². The van der Waals surface area contributed by atoms with Crippen LogP contribution in [0.2, 0.25) is 0 Å². The third kappa shape index (κ3) is 5.31. The minimum Gasteiger partial charge on any atom is -0.465 e. The molecule has 0 spiro atoms. The quantitative estimate of drug-likeness (QED) is 0.588. The molecular formula is C23H26N4O2. The maximum absolute atomic E-state index is 11.6. The Morgan fingerprint density at radius 2 is 1.76 bits per heavy atom. The molecule has 0 unspecified atom stereocenters. The lowest BCUT2D eigenvalue weighted by Gasteiger charge is -2.28. The lowest BCUT2D eigenvalue weighted by atomic mass is 10.2. The molecule has 0 amide bonds. The van der Waals surface area contributed by atoms with Gasteiger partial charge < -0.3 is 15.0 Å². The molecule has 0 saturated carbocycles. The maximum Gasteiger partial charge on any atom is 0.337 e. The van der Waals surface area contributed by atoms with Crippen LogP contribution in [0.4, 0.5) is 17.3 Å². The number of carbonyl (C=O) groups is 1. The van der Waals surface area contributed by atoms with Crippen LogP contribution in [-0.2, 0) is 11.3 Å². The van der Waals surface area contributed by atoms with Crippen molar-refractivity contribution >= 4 is 23.3 Å². The maximum atomic E-state index is 11.6. The van der Waals surface area contributed by atoms with E-state index >= 15 is 0 Å². The number of rotatable bonds is 7. The highest BCUT2D eigenvalue weighted by atomic mass is 16.5. The largest absolute Gasteiger partial charge is 0.465 e. The van der Waals surface area contributed by atoms with Gasteiger partial charge in [-0.25, -0.2) is 14.8 Å². The summed E-state index contributed by atoms with van der Waals surface area (Å²) in [6.45, 7) is 6.95. The molecule has 1 heterocycles. The van der Waals surface area contributed by atoms with E-state index in [9.17, 15) is 4.79 Å². The molecule has 3 rings (SSSR count). The van der Waals surface area contributed by atoms with E-state index in [1.54, 1.807) is 12.1 Å². The van der Waals surface area contributed by atoms with Gasteiger partial charge >= 0.3 is 5.97 Å². The number of hydrogen-bond acceptors (Lipinski definition) is 6. The highest BCUT2D eigenvalue weighted by Crippen LogP contribution is 2.23. The predicted molar refractivity (Wildman–Crippen MR) is 116 cm³/mol. The van der Waals surface area contributed by atoms with E-state index in [0.29, 0.717) is 17.2 Å².